The molecule has 0 aliphatic carbocycles. The maximum absolute atomic E-state index is 11.2. The fourth-order valence-corrected chi connectivity index (χ4v) is 5.48. The molecule has 2 saturated heterocycles. The molecule has 2 heterocycles. The van der Waals surface area contributed by atoms with Crippen LogP contribution in [0.5, 0.6) is 0 Å². The maximum Gasteiger partial charge on any atom is 0.303 e. The molecule has 0 aromatic carbocycles. The molecular weight excluding hydrogens is 608 g/mol. The number of aliphatic carboxylic acids is 1. The van der Waals surface area contributed by atoms with Gasteiger partial charge in [-0.1, -0.05) is 50.7 Å². The third-order valence-electron chi connectivity index (χ3n) is 8.26. The Balaban J connectivity index is 1.76. The average molecular weight is 665 g/mol. The second-order valence-corrected chi connectivity index (χ2v) is 12.2. The number of carboxylic acid groups (broad SMARTS) is 1. The first-order valence-electron chi connectivity index (χ1n) is 16.6. The van der Waals surface area contributed by atoms with Crippen molar-refractivity contribution in [2.24, 2.45) is 0 Å². The molecule has 0 radical (unpaired) electrons. The second kappa shape index (κ2) is 22.0. The summed E-state index contributed by atoms with van der Waals surface area (Å²) in [5, 5.41) is 70.7. The van der Waals surface area contributed by atoms with E-state index in [-0.39, 0.29) is 12.5 Å². The van der Waals surface area contributed by atoms with E-state index >= 15 is 0 Å². The van der Waals surface area contributed by atoms with E-state index in [4.69, 9.17) is 28.8 Å². The number of hydrogen-bond donors (Lipinski definition) is 7. The molecule has 7 N–H and O–H groups in total. The number of ether oxygens (including phenoxy) is 5. The molecule has 268 valence electrons. The lowest BCUT2D eigenvalue weighted by atomic mass is 9.97. The van der Waals surface area contributed by atoms with Gasteiger partial charge in [-0.15, -0.1) is 0 Å². The number of carboxylic acids is 1. The molecule has 2 aliphatic rings. The number of carbonyl (C=O) groups excluding carboxylic acids is 1. The van der Waals surface area contributed by atoms with Gasteiger partial charge < -0.3 is 59.4 Å². The number of aliphatic hydroxyl groups is 6. The summed E-state index contributed by atoms with van der Waals surface area (Å²) in [7, 11) is 0. The van der Waals surface area contributed by atoms with Gasteiger partial charge in [0.2, 0.25) is 0 Å². The van der Waals surface area contributed by atoms with Crippen molar-refractivity contribution < 1.29 is 69.0 Å². The molecule has 14 nitrogen and oxygen atoms in total. The molecule has 0 aromatic heterocycles. The van der Waals surface area contributed by atoms with Gasteiger partial charge in [0.05, 0.1) is 12.7 Å². The number of hydrogen-bond acceptors (Lipinski definition) is 13. The van der Waals surface area contributed by atoms with E-state index in [1.807, 2.05) is 6.92 Å². The zero-order chi connectivity index (χ0) is 34.1. The molecule has 0 bridgehead atoms. The summed E-state index contributed by atoms with van der Waals surface area (Å²) in [6.45, 7) is 1.96. The predicted octanol–water partition coefficient (Wildman–Crippen LogP) is 1.30. The van der Waals surface area contributed by atoms with Crippen LogP contribution in [-0.4, -0.2) is 128 Å². The van der Waals surface area contributed by atoms with E-state index in [1.54, 1.807) is 0 Å². The predicted molar refractivity (Wildman–Crippen MR) is 163 cm³/mol. The lowest BCUT2D eigenvalue weighted by Crippen LogP contribution is -2.65. The van der Waals surface area contributed by atoms with Crippen molar-refractivity contribution >= 4 is 11.9 Å². The van der Waals surface area contributed by atoms with Crippen LogP contribution < -0.4 is 0 Å². The van der Waals surface area contributed by atoms with E-state index < -0.39 is 86.6 Å². The lowest BCUT2D eigenvalue weighted by Gasteiger charge is -2.46. The van der Waals surface area contributed by atoms with Crippen LogP contribution in [0.1, 0.15) is 97.3 Å². The van der Waals surface area contributed by atoms with Gasteiger partial charge in [-0.25, -0.2) is 0 Å². The Bertz CT molecular complexity index is 887. The van der Waals surface area contributed by atoms with E-state index in [0.717, 1.165) is 77.6 Å². The van der Waals surface area contributed by atoms with E-state index in [0.29, 0.717) is 6.42 Å². The van der Waals surface area contributed by atoms with Crippen molar-refractivity contribution in [2.45, 2.75) is 165 Å². The van der Waals surface area contributed by atoms with Crippen molar-refractivity contribution in [3.8, 4) is 0 Å². The number of unbranched alkanes of at least 4 members (excludes halogenated alkanes) is 9. The van der Waals surface area contributed by atoms with Crippen LogP contribution in [0.15, 0.2) is 12.2 Å². The molecule has 0 saturated carbocycles. The molecule has 0 unspecified atom stereocenters. The fourth-order valence-electron chi connectivity index (χ4n) is 5.48. The Kier molecular flexibility index (Phi) is 19.4. The minimum absolute atomic E-state index is 0.250. The topological polar surface area (TPSA) is 222 Å². The van der Waals surface area contributed by atoms with Gasteiger partial charge in [-0.05, 0) is 45.4 Å². The van der Waals surface area contributed by atoms with Crippen molar-refractivity contribution in [1.82, 2.24) is 0 Å². The van der Waals surface area contributed by atoms with Gasteiger partial charge in [0.15, 0.2) is 12.6 Å². The highest BCUT2D eigenvalue weighted by Crippen LogP contribution is 2.31. The van der Waals surface area contributed by atoms with Crippen LogP contribution in [0.2, 0.25) is 0 Å². The quantitative estimate of drug-likeness (QED) is 0.0493. The van der Waals surface area contributed by atoms with Gasteiger partial charge in [-0.2, -0.15) is 0 Å². The van der Waals surface area contributed by atoms with Gasteiger partial charge >= 0.3 is 11.9 Å². The summed E-state index contributed by atoms with van der Waals surface area (Å²) in [6, 6.07) is 0. The first kappa shape index (κ1) is 40.5. The molecule has 46 heavy (non-hydrogen) atoms. The standard InChI is InChI=1S/C32H56O14/c1-20(16-14-12-10-8-6-4-3-5-7-9-11-13-15-17-24(35)36)43-32-30(28(40)25(37)22(18-33)44-32)46-31-29(41)27(39)26(38)23(45-31)19-42-21(2)34/h3-4,20,22-23,25-33,37-41H,5-19H2,1-2H3,(H,35,36)/b4-3-/t20-,22+,23+,25+,26+,27-,28-,29+,30+,31-,32+/m0/s1. The fraction of sp³-hybridized carbons (Fsp3) is 0.875. The molecule has 2 rings (SSSR count). The van der Waals surface area contributed by atoms with Crippen LogP contribution >= 0.6 is 0 Å². The third-order valence-corrected chi connectivity index (χ3v) is 8.26. The van der Waals surface area contributed by atoms with Crippen molar-refractivity contribution in [3.05, 3.63) is 12.2 Å². The zero-order valence-electron chi connectivity index (χ0n) is 27.1. The number of aliphatic hydroxyl groups excluding tert-OH is 6. The molecular formula is C32H56O14. The molecule has 11 atom stereocenters. The number of esters is 1. The van der Waals surface area contributed by atoms with Crippen LogP contribution in [0, 0.1) is 0 Å². The van der Waals surface area contributed by atoms with Crippen molar-refractivity contribution in [2.75, 3.05) is 13.2 Å². The Hall–Kier alpha value is -1.72. The molecule has 2 aliphatic heterocycles. The first-order chi connectivity index (χ1) is 22.0. The average Bonchev–Trinajstić information content (AvgIpc) is 3.01. The molecule has 14 heteroatoms. The minimum Gasteiger partial charge on any atom is -0.481 e. The van der Waals surface area contributed by atoms with Gasteiger partial charge in [-0.3, -0.25) is 9.59 Å². The number of allylic oxidation sites excluding steroid dienone is 2. The van der Waals surface area contributed by atoms with E-state index in [1.165, 1.54) is 0 Å². The molecule has 0 spiro atoms. The van der Waals surface area contributed by atoms with Crippen LogP contribution in [0.25, 0.3) is 0 Å². The van der Waals surface area contributed by atoms with Crippen LogP contribution in [-0.2, 0) is 33.3 Å². The highest BCUT2D eigenvalue weighted by molar-refractivity contribution is 5.66. The van der Waals surface area contributed by atoms with Crippen LogP contribution in [0.3, 0.4) is 0 Å². The second-order valence-electron chi connectivity index (χ2n) is 12.2. The smallest absolute Gasteiger partial charge is 0.303 e. The Morgan fingerprint density at radius 1 is 0.739 bits per heavy atom. The summed E-state index contributed by atoms with van der Waals surface area (Å²) in [5.74, 6) is -1.38. The Labute approximate surface area is 271 Å². The lowest BCUT2D eigenvalue weighted by molar-refractivity contribution is -0.371. The Morgan fingerprint density at radius 3 is 1.91 bits per heavy atom. The number of rotatable bonds is 22. The summed E-state index contributed by atoms with van der Waals surface area (Å²) in [5.41, 5.74) is 0. The zero-order valence-corrected chi connectivity index (χ0v) is 27.1. The molecule has 0 aromatic rings. The van der Waals surface area contributed by atoms with Gasteiger partial charge in [0.25, 0.3) is 0 Å². The third kappa shape index (κ3) is 14.2. The van der Waals surface area contributed by atoms with Gasteiger partial charge in [0.1, 0.15) is 55.4 Å². The summed E-state index contributed by atoms with van der Waals surface area (Å²) < 4.78 is 27.9. The molecule has 0 amide bonds. The van der Waals surface area contributed by atoms with Gasteiger partial charge in [0, 0.05) is 13.3 Å². The maximum atomic E-state index is 11.2. The highest BCUT2D eigenvalue weighted by atomic mass is 16.8. The largest absolute Gasteiger partial charge is 0.481 e. The monoisotopic (exact) mass is 664 g/mol. The van der Waals surface area contributed by atoms with Crippen molar-refractivity contribution in [1.29, 1.82) is 0 Å². The summed E-state index contributed by atoms with van der Waals surface area (Å²) in [4.78, 5) is 21.7. The SMILES string of the molecule is CC(=O)OC[C@H]1O[C@@H](O[C@H]2[C@H](O[C@@H](C)CCCCCC/C=C\CCCCCCCC(=O)O)O[C@H](CO)[C@@H](O)[C@@H]2O)[C@H](O)[C@@H](O)[C@@H]1O. The molecule has 2 fully saturated rings. The van der Waals surface area contributed by atoms with E-state index in [9.17, 15) is 40.2 Å². The Morgan fingerprint density at radius 2 is 1.30 bits per heavy atom. The first-order valence-corrected chi connectivity index (χ1v) is 16.6. The normalized spacial score (nSPS) is 32.4. The van der Waals surface area contributed by atoms with E-state index in [2.05, 4.69) is 12.2 Å². The summed E-state index contributed by atoms with van der Waals surface area (Å²) >= 11 is 0. The number of carbonyl (C=O) groups is 2. The summed E-state index contributed by atoms with van der Waals surface area (Å²) in [6.07, 6.45) is 1.06. The minimum atomic E-state index is -1.75. The highest BCUT2D eigenvalue weighted by Gasteiger charge is 2.51. The van der Waals surface area contributed by atoms with Crippen LogP contribution in [0.4, 0.5) is 0 Å². The van der Waals surface area contributed by atoms with Crippen molar-refractivity contribution in [3.63, 3.8) is 0 Å².